The van der Waals surface area contributed by atoms with Crippen LogP contribution in [-0.2, 0) is 19.0 Å². The van der Waals surface area contributed by atoms with E-state index in [2.05, 4.69) is 11.8 Å². The lowest BCUT2D eigenvalue weighted by Crippen LogP contribution is -2.47. The average molecular weight is 314 g/mol. The minimum Gasteiger partial charge on any atom is -0.382 e. The SMILES string of the molecule is CC[C@@H]1CN(C(=O)[C@H](C)OCCOC)C[C@H]1N1CCOCC1. The summed E-state index contributed by atoms with van der Waals surface area (Å²) in [4.78, 5) is 17.0. The van der Waals surface area contributed by atoms with E-state index < -0.39 is 6.10 Å². The summed E-state index contributed by atoms with van der Waals surface area (Å²) in [5, 5.41) is 0. The Morgan fingerprint density at radius 3 is 2.64 bits per heavy atom. The van der Waals surface area contributed by atoms with Gasteiger partial charge in [-0.25, -0.2) is 0 Å². The third-order valence-corrected chi connectivity index (χ3v) is 4.76. The van der Waals surface area contributed by atoms with Gasteiger partial charge in [0.2, 0.25) is 0 Å². The molecular formula is C16H30N2O4. The molecule has 2 aliphatic rings. The van der Waals surface area contributed by atoms with Crippen LogP contribution in [0, 0.1) is 5.92 Å². The normalized spacial score (nSPS) is 28.0. The van der Waals surface area contributed by atoms with Crippen LogP contribution >= 0.6 is 0 Å². The maximum absolute atomic E-state index is 12.5. The summed E-state index contributed by atoms with van der Waals surface area (Å²) in [7, 11) is 1.63. The fraction of sp³-hybridized carbons (Fsp3) is 0.938. The third-order valence-electron chi connectivity index (χ3n) is 4.76. The fourth-order valence-electron chi connectivity index (χ4n) is 3.39. The maximum Gasteiger partial charge on any atom is 0.251 e. The van der Waals surface area contributed by atoms with E-state index in [1.165, 1.54) is 0 Å². The molecule has 22 heavy (non-hydrogen) atoms. The first kappa shape index (κ1) is 17.7. The molecule has 0 unspecified atom stereocenters. The second-order valence-corrected chi connectivity index (χ2v) is 6.13. The van der Waals surface area contributed by atoms with Crippen molar-refractivity contribution in [2.24, 2.45) is 5.92 Å². The van der Waals surface area contributed by atoms with Gasteiger partial charge in [0.1, 0.15) is 6.10 Å². The molecule has 2 rings (SSSR count). The van der Waals surface area contributed by atoms with Gasteiger partial charge in [0.05, 0.1) is 26.4 Å². The highest BCUT2D eigenvalue weighted by Crippen LogP contribution is 2.26. The predicted molar refractivity (Wildman–Crippen MR) is 83.8 cm³/mol. The molecule has 0 bridgehead atoms. The number of hydrogen-bond donors (Lipinski definition) is 0. The zero-order valence-electron chi connectivity index (χ0n) is 14.1. The van der Waals surface area contributed by atoms with E-state index in [1.807, 2.05) is 11.8 Å². The average Bonchev–Trinajstić information content (AvgIpc) is 2.99. The van der Waals surface area contributed by atoms with Crippen molar-refractivity contribution in [2.45, 2.75) is 32.4 Å². The van der Waals surface area contributed by atoms with E-state index >= 15 is 0 Å². The summed E-state index contributed by atoms with van der Waals surface area (Å²) < 4.78 is 16.0. The smallest absolute Gasteiger partial charge is 0.251 e. The summed E-state index contributed by atoms with van der Waals surface area (Å²) in [6, 6.07) is 0.462. The molecule has 0 N–H and O–H groups in total. The zero-order chi connectivity index (χ0) is 15.9. The predicted octanol–water partition coefficient (Wildman–Crippen LogP) is 0.607. The number of rotatable bonds is 7. The van der Waals surface area contributed by atoms with Crippen molar-refractivity contribution >= 4 is 5.91 Å². The third kappa shape index (κ3) is 4.41. The Kier molecular flexibility index (Phi) is 7.08. The van der Waals surface area contributed by atoms with Crippen LogP contribution in [-0.4, -0.2) is 87.6 Å². The van der Waals surface area contributed by atoms with Gasteiger partial charge in [0.15, 0.2) is 0 Å². The molecule has 128 valence electrons. The Morgan fingerprint density at radius 1 is 1.27 bits per heavy atom. The molecule has 1 amide bonds. The molecule has 0 spiro atoms. The van der Waals surface area contributed by atoms with Crippen LogP contribution in [0.3, 0.4) is 0 Å². The van der Waals surface area contributed by atoms with Crippen LogP contribution in [0.2, 0.25) is 0 Å². The van der Waals surface area contributed by atoms with E-state index in [4.69, 9.17) is 14.2 Å². The lowest BCUT2D eigenvalue weighted by molar-refractivity contribution is -0.142. The highest BCUT2D eigenvalue weighted by Gasteiger charge is 2.39. The molecule has 0 aromatic carbocycles. The van der Waals surface area contributed by atoms with Crippen molar-refractivity contribution in [2.75, 3.05) is 59.7 Å². The second-order valence-electron chi connectivity index (χ2n) is 6.13. The molecule has 0 aromatic rings. The summed E-state index contributed by atoms with van der Waals surface area (Å²) in [5.41, 5.74) is 0. The van der Waals surface area contributed by atoms with Crippen LogP contribution in [0.25, 0.3) is 0 Å². The number of nitrogens with zero attached hydrogens (tertiary/aromatic N) is 2. The summed E-state index contributed by atoms with van der Waals surface area (Å²) in [5.74, 6) is 0.651. The van der Waals surface area contributed by atoms with Gasteiger partial charge >= 0.3 is 0 Å². The number of morpholine rings is 1. The minimum absolute atomic E-state index is 0.102. The molecule has 3 atom stereocenters. The Bertz CT molecular complexity index is 347. The highest BCUT2D eigenvalue weighted by atomic mass is 16.5. The lowest BCUT2D eigenvalue weighted by atomic mass is 9.99. The molecule has 0 radical (unpaired) electrons. The molecule has 0 saturated carbocycles. The molecule has 2 aliphatic heterocycles. The van der Waals surface area contributed by atoms with Gasteiger partial charge < -0.3 is 19.1 Å². The number of carbonyl (C=O) groups is 1. The highest BCUT2D eigenvalue weighted by molar-refractivity contribution is 5.80. The molecule has 2 fully saturated rings. The maximum atomic E-state index is 12.5. The van der Waals surface area contributed by atoms with E-state index in [9.17, 15) is 4.79 Å². The Morgan fingerprint density at radius 2 is 2.00 bits per heavy atom. The Hall–Kier alpha value is -0.690. The van der Waals surface area contributed by atoms with Crippen molar-refractivity contribution < 1.29 is 19.0 Å². The van der Waals surface area contributed by atoms with E-state index in [1.54, 1.807) is 7.11 Å². The first-order chi connectivity index (χ1) is 10.7. The number of hydrogen-bond acceptors (Lipinski definition) is 5. The first-order valence-corrected chi connectivity index (χ1v) is 8.38. The summed E-state index contributed by atoms with van der Waals surface area (Å²) in [6.45, 7) is 10.2. The number of likely N-dealkylation sites (tertiary alicyclic amines) is 1. The van der Waals surface area contributed by atoms with Gasteiger partial charge in [0, 0.05) is 39.3 Å². The summed E-state index contributed by atoms with van der Waals surface area (Å²) in [6.07, 6.45) is 0.709. The number of amides is 1. The van der Waals surface area contributed by atoms with Crippen LogP contribution in [0.5, 0.6) is 0 Å². The van der Waals surface area contributed by atoms with Crippen LogP contribution < -0.4 is 0 Å². The van der Waals surface area contributed by atoms with Crippen molar-refractivity contribution in [3.05, 3.63) is 0 Å². The van der Waals surface area contributed by atoms with Gasteiger partial charge in [-0.05, 0) is 12.8 Å². The lowest BCUT2D eigenvalue weighted by Gasteiger charge is -2.34. The first-order valence-electron chi connectivity index (χ1n) is 8.38. The van der Waals surface area contributed by atoms with Gasteiger partial charge in [-0.2, -0.15) is 0 Å². The van der Waals surface area contributed by atoms with E-state index in [0.717, 1.165) is 45.8 Å². The second kappa shape index (κ2) is 8.82. The van der Waals surface area contributed by atoms with E-state index in [-0.39, 0.29) is 5.91 Å². The van der Waals surface area contributed by atoms with Crippen LogP contribution in [0.15, 0.2) is 0 Å². The minimum atomic E-state index is -0.393. The van der Waals surface area contributed by atoms with Crippen molar-refractivity contribution in [1.29, 1.82) is 0 Å². The number of ether oxygens (including phenoxy) is 3. The van der Waals surface area contributed by atoms with E-state index in [0.29, 0.717) is 25.2 Å². The summed E-state index contributed by atoms with van der Waals surface area (Å²) >= 11 is 0. The zero-order valence-corrected chi connectivity index (χ0v) is 14.1. The van der Waals surface area contributed by atoms with Crippen molar-refractivity contribution in [3.8, 4) is 0 Å². The molecule has 2 heterocycles. The van der Waals surface area contributed by atoms with Crippen LogP contribution in [0.4, 0.5) is 0 Å². The monoisotopic (exact) mass is 314 g/mol. The molecular weight excluding hydrogens is 284 g/mol. The van der Waals surface area contributed by atoms with Gasteiger partial charge in [-0.3, -0.25) is 9.69 Å². The van der Waals surface area contributed by atoms with Gasteiger partial charge in [-0.1, -0.05) is 13.3 Å². The molecule has 0 aromatic heterocycles. The molecule has 6 nitrogen and oxygen atoms in total. The topological polar surface area (TPSA) is 51.2 Å². The molecule has 0 aliphatic carbocycles. The van der Waals surface area contributed by atoms with Crippen LogP contribution in [0.1, 0.15) is 20.3 Å². The Labute approximate surface area is 133 Å². The van der Waals surface area contributed by atoms with Gasteiger partial charge in [-0.15, -0.1) is 0 Å². The van der Waals surface area contributed by atoms with Gasteiger partial charge in [0.25, 0.3) is 5.91 Å². The van der Waals surface area contributed by atoms with Crippen molar-refractivity contribution in [3.63, 3.8) is 0 Å². The fourth-order valence-corrected chi connectivity index (χ4v) is 3.39. The van der Waals surface area contributed by atoms with Crippen molar-refractivity contribution in [1.82, 2.24) is 9.80 Å². The quantitative estimate of drug-likeness (QED) is 0.644. The number of carbonyl (C=O) groups excluding carboxylic acids is 1. The number of methoxy groups -OCH3 is 1. The standard InChI is InChI=1S/C16H30N2O4/c1-4-14-11-18(16(19)13(2)22-10-9-20-3)12-15(14)17-5-7-21-8-6-17/h13-15H,4-12H2,1-3H3/t13-,14+,15+/m0/s1. The molecule has 6 heteroatoms. The molecule has 2 saturated heterocycles. The largest absolute Gasteiger partial charge is 0.382 e. The Balaban J connectivity index is 1.88.